The predicted molar refractivity (Wildman–Crippen MR) is 187 cm³/mol. The van der Waals surface area contributed by atoms with Crippen molar-refractivity contribution < 1.29 is 39.9 Å². The number of phenolic OH excluding ortho intramolecular Hbond substituents is 1. The van der Waals surface area contributed by atoms with Crippen molar-refractivity contribution in [3.05, 3.63) is 63.6 Å². The van der Waals surface area contributed by atoms with E-state index in [4.69, 9.17) is 31.4 Å². The zero-order chi connectivity index (χ0) is 37.4. The van der Waals surface area contributed by atoms with Gasteiger partial charge in [0.2, 0.25) is 5.91 Å². The van der Waals surface area contributed by atoms with Gasteiger partial charge in [-0.25, -0.2) is 9.78 Å². The maximum absolute atomic E-state index is 13.6. The predicted octanol–water partition coefficient (Wildman–Crippen LogP) is 3.23. The lowest BCUT2D eigenvalue weighted by Crippen LogP contribution is -2.35. The molecule has 49 heavy (non-hydrogen) atoms. The minimum atomic E-state index is -1.28. The summed E-state index contributed by atoms with van der Waals surface area (Å²) in [5.41, 5.74) is 12.2. The van der Waals surface area contributed by atoms with Crippen LogP contribution in [0.15, 0.2) is 41.3 Å². The number of carboxylic acids is 1. The first kappa shape index (κ1) is 41.3. The van der Waals surface area contributed by atoms with E-state index in [9.17, 15) is 28.7 Å². The van der Waals surface area contributed by atoms with Gasteiger partial charge in [-0.2, -0.15) is 0 Å². The summed E-state index contributed by atoms with van der Waals surface area (Å²) in [4.78, 5) is 55.0. The SMILES string of the molecule is C.CC[C@@H](C)NC(=O)c1cc(N)cc(-c2cnc(NC(C)C)c(=O)n2CC(=O)NCc2c(O)cc(C(=N)N)cc2OCC(=O)O)c1.CF.[3HH].[3H]F. The molecule has 0 unspecified atom stereocenters. The molecule has 1 aromatic heterocycles. The largest absolute Gasteiger partial charge is 0.507 e. The number of aliphatic carboxylic acids is 1. The van der Waals surface area contributed by atoms with E-state index >= 15 is 0 Å². The Bertz CT molecular complexity index is 1690. The number of benzene rings is 2. The molecule has 10 N–H and O–H groups in total. The highest BCUT2D eigenvalue weighted by Crippen LogP contribution is 2.30. The van der Waals surface area contributed by atoms with E-state index in [0.29, 0.717) is 12.7 Å². The van der Waals surface area contributed by atoms with Crippen LogP contribution in [0.1, 0.15) is 64.5 Å². The third-order valence-electron chi connectivity index (χ3n) is 6.59. The number of carboxylic acid groups (broad SMARTS) is 1. The van der Waals surface area contributed by atoms with Crippen LogP contribution in [-0.2, 0) is 22.7 Å². The first-order chi connectivity index (χ1) is 23.2. The molecule has 0 radical (unpaired) electrons. The van der Waals surface area contributed by atoms with Crippen LogP contribution >= 0.6 is 0 Å². The minimum Gasteiger partial charge on any atom is -0.507 e. The lowest BCUT2D eigenvalue weighted by Gasteiger charge is -2.18. The highest BCUT2D eigenvalue weighted by atomic mass is 19.1. The summed E-state index contributed by atoms with van der Waals surface area (Å²) in [7, 11) is 0.500. The van der Waals surface area contributed by atoms with Gasteiger partial charge < -0.3 is 42.4 Å². The second-order valence-corrected chi connectivity index (χ2v) is 10.7. The van der Waals surface area contributed by atoms with E-state index in [0.717, 1.165) is 6.42 Å². The maximum atomic E-state index is 13.6. The van der Waals surface area contributed by atoms with Crippen LogP contribution in [0, 0.1) is 5.41 Å². The fourth-order valence-electron chi connectivity index (χ4n) is 4.21. The lowest BCUT2D eigenvalue weighted by molar-refractivity contribution is -0.139. The molecule has 0 aliphatic rings. The van der Waals surface area contributed by atoms with Gasteiger partial charge in [0.05, 0.1) is 31.2 Å². The van der Waals surface area contributed by atoms with E-state index in [1.165, 1.54) is 29.0 Å². The summed E-state index contributed by atoms with van der Waals surface area (Å²) in [6, 6.07) is 6.84. The van der Waals surface area contributed by atoms with Crippen LogP contribution in [0.25, 0.3) is 11.3 Å². The molecule has 3 aromatic rings. The van der Waals surface area contributed by atoms with E-state index in [2.05, 4.69) is 22.4 Å². The van der Waals surface area contributed by atoms with E-state index < -0.39 is 42.2 Å². The van der Waals surface area contributed by atoms with Crippen molar-refractivity contribution in [2.24, 2.45) is 5.73 Å². The van der Waals surface area contributed by atoms with Crippen LogP contribution in [0.3, 0.4) is 0 Å². The molecule has 0 bridgehead atoms. The Morgan fingerprint density at radius 1 is 1.16 bits per heavy atom. The number of carbonyl (C=O) groups excluding carboxylic acids is 2. The van der Waals surface area contributed by atoms with Crippen LogP contribution in [0.4, 0.5) is 20.6 Å². The number of carbonyl (C=O) groups is 3. The summed E-state index contributed by atoms with van der Waals surface area (Å²) < 4.78 is 28.9. The third kappa shape index (κ3) is 12.1. The Kier molecular flexibility index (Phi) is 16.7. The highest BCUT2D eigenvalue weighted by molar-refractivity contribution is 5.97. The Morgan fingerprint density at radius 3 is 2.39 bits per heavy atom. The second kappa shape index (κ2) is 19.8. The number of amidine groups is 1. The van der Waals surface area contributed by atoms with Gasteiger partial charge in [0, 0.05) is 35.9 Å². The molecule has 0 aliphatic heterocycles. The summed E-state index contributed by atoms with van der Waals surface area (Å²) in [6.45, 7) is 5.88. The molecule has 1 heterocycles. The van der Waals surface area contributed by atoms with Crippen molar-refractivity contribution in [2.45, 2.75) is 66.7 Å². The number of phenols is 1. The third-order valence-corrected chi connectivity index (χ3v) is 6.59. The number of rotatable bonds is 14. The van der Waals surface area contributed by atoms with Gasteiger partial charge in [-0.05, 0) is 57.5 Å². The van der Waals surface area contributed by atoms with Gasteiger partial charge >= 0.3 is 5.97 Å². The van der Waals surface area contributed by atoms with Crippen molar-refractivity contribution in [1.82, 2.24) is 20.2 Å². The van der Waals surface area contributed by atoms with Gasteiger partial charge in [0.25, 0.3) is 12.9 Å². The standard InChI is InChI=1S/C30H38N8O7.CH3F.CH4.FH.H2/c1-5-16(4)37-29(43)19-6-17(7-20(31)8-19)22-12-35-28(36-15(2)3)30(44)38(22)13-25(40)34-11-21-23(39)9-18(27(32)33)10-24(21)45-14-26(41)42;1-2;;;/h6-10,12,15-16,39H,5,11,13-14,31H2,1-4H3,(H3,32,33)(H,34,40)(H,35,36)(H,37,43)(H,41,42);1H3;1H4;2*1H/t16-;;;;/m1..../s1/i;;;;1+2/hT. The summed E-state index contributed by atoms with van der Waals surface area (Å²) >= 11 is 0. The summed E-state index contributed by atoms with van der Waals surface area (Å²) in [5, 5.41) is 35.7. The molecule has 2 aromatic carbocycles. The number of amides is 2. The van der Waals surface area contributed by atoms with Crippen molar-refractivity contribution >= 4 is 35.1 Å². The fourth-order valence-corrected chi connectivity index (χ4v) is 4.21. The number of nitrogen functional groups attached to an aromatic ring is 2. The van der Waals surface area contributed by atoms with Crippen LogP contribution in [0.5, 0.6) is 11.5 Å². The minimum absolute atomic E-state index is 0. The van der Waals surface area contributed by atoms with Gasteiger partial charge in [0.15, 0.2) is 12.4 Å². The van der Waals surface area contributed by atoms with E-state index in [1.807, 2.05) is 27.7 Å². The molecular weight excluding hydrogens is 646 g/mol. The normalized spacial score (nSPS) is 10.8. The Hall–Kier alpha value is -5.74. The zero-order valence-electron chi connectivity index (χ0n) is 28.2. The van der Waals surface area contributed by atoms with Gasteiger partial charge in [0.1, 0.15) is 23.9 Å². The number of anilines is 2. The highest BCUT2D eigenvalue weighted by Gasteiger charge is 2.20. The monoisotopic (exact) mass is 698 g/mol. The molecule has 0 spiro atoms. The van der Waals surface area contributed by atoms with Crippen molar-refractivity contribution in [1.29, 1.82) is 6.86 Å². The smallest absolute Gasteiger partial charge is 0.341 e. The number of aromatic nitrogens is 2. The van der Waals surface area contributed by atoms with Crippen molar-refractivity contribution in [2.75, 3.05) is 24.8 Å². The Morgan fingerprint density at radius 2 is 1.82 bits per heavy atom. The quantitative estimate of drug-likeness (QED) is 0.0690. The molecule has 1 atom stereocenters. The number of nitrogens with zero attached hydrogens (tertiary/aromatic N) is 2. The maximum Gasteiger partial charge on any atom is 0.341 e. The van der Waals surface area contributed by atoms with Crippen molar-refractivity contribution in [3.8, 4) is 22.8 Å². The lowest BCUT2D eigenvalue weighted by atomic mass is 10.1. The number of ether oxygens (including phenoxy) is 1. The molecule has 3 rings (SSSR count). The molecule has 0 fully saturated rings. The molecule has 0 aliphatic carbocycles. The molecule has 272 valence electrons. The first-order valence-corrected chi connectivity index (χ1v) is 14.5. The number of halogens is 2. The van der Waals surface area contributed by atoms with Crippen LogP contribution in [-0.4, -0.2) is 70.7 Å². The zero-order valence-corrected chi connectivity index (χ0v) is 27.2. The van der Waals surface area contributed by atoms with E-state index in [1.54, 1.807) is 12.1 Å². The number of nitrogens with two attached hydrogens (primary N) is 2. The number of nitrogens with one attached hydrogen (secondary N) is 4. The molecular formula is C32H48F2N8O7. The Balaban J connectivity index is 0. The number of alkyl halides is 1. The van der Waals surface area contributed by atoms with Gasteiger partial charge in [-0.1, -0.05) is 14.4 Å². The molecule has 15 nitrogen and oxygen atoms in total. The second-order valence-electron chi connectivity index (χ2n) is 10.7. The number of hydrogen-bond acceptors (Lipinski definition) is 10. The van der Waals surface area contributed by atoms with E-state index in [-0.39, 0.29) is 73.0 Å². The molecule has 2 amide bonds. The topological polar surface area (TPSA) is 248 Å². The number of hydrogen-bond donors (Lipinski definition) is 8. The molecule has 0 saturated carbocycles. The van der Waals surface area contributed by atoms with Crippen LogP contribution < -0.4 is 37.7 Å². The van der Waals surface area contributed by atoms with Crippen LogP contribution in [0.2, 0.25) is 0 Å². The molecule has 0 saturated heterocycles. The number of aromatic hydroxyl groups is 1. The van der Waals surface area contributed by atoms with Gasteiger partial charge in [-0.15, -0.1) is 0 Å². The van der Waals surface area contributed by atoms with Gasteiger partial charge in [-0.3, -0.25) is 33.5 Å². The average Bonchev–Trinajstić information content (AvgIpc) is 3.06. The average molecular weight is 699 g/mol. The fraction of sp³-hybridized carbons (Fsp3) is 0.375. The Labute approximate surface area is 285 Å². The summed E-state index contributed by atoms with van der Waals surface area (Å²) in [6.07, 6.45) is 2.12. The van der Waals surface area contributed by atoms with Crippen molar-refractivity contribution in [3.63, 3.8) is 0 Å². The first-order valence-electron chi connectivity index (χ1n) is 14.8. The molecule has 17 heteroatoms. The summed E-state index contributed by atoms with van der Waals surface area (Å²) in [5.74, 6) is -3.17.